The van der Waals surface area contributed by atoms with E-state index in [1.807, 2.05) is 0 Å². The van der Waals surface area contributed by atoms with Crippen LogP contribution in [-0.2, 0) is 0 Å². The zero-order valence-corrected chi connectivity index (χ0v) is 7.55. The minimum Gasteiger partial charge on any atom is -0.261 e. The zero-order chi connectivity index (χ0) is 8.53. The summed E-state index contributed by atoms with van der Waals surface area (Å²) in [6.07, 6.45) is 4.38. The van der Waals surface area contributed by atoms with E-state index in [2.05, 4.69) is 19.1 Å². The molecule has 3 nitrogen and oxygen atoms in total. The second-order valence-corrected chi connectivity index (χ2v) is 2.74. The van der Waals surface area contributed by atoms with Gasteiger partial charge in [-0.1, -0.05) is 26.7 Å². The quantitative estimate of drug-likeness (QED) is 0.421. The van der Waals surface area contributed by atoms with Crippen LogP contribution in [0.2, 0.25) is 0 Å². The van der Waals surface area contributed by atoms with Gasteiger partial charge in [0.25, 0.3) is 0 Å². The van der Waals surface area contributed by atoms with Gasteiger partial charge in [-0.25, -0.2) is 0 Å². The molecule has 66 valence electrons. The van der Waals surface area contributed by atoms with E-state index < -0.39 is 0 Å². The molecule has 0 aromatic heterocycles. The molecule has 0 aliphatic carbocycles. The Morgan fingerprint density at radius 2 is 1.55 bits per heavy atom. The van der Waals surface area contributed by atoms with Gasteiger partial charge in [-0.15, -0.1) is 4.91 Å². The van der Waals surface area contributed by atoms with Crippen molar-refractivity contribution < 1.29 is 0 Å². The minimum atomic E-state index is 0.819. The highest BCUT2D eigenvalue weighted by atomic mass is 16.3. The van der Waals surface area contributed by atoms with Crippen LogP contribution >= 0.6 is 0 Å². The fourth-order valence-corrected chi connectivity index (χ4v) is 0.875. The van der Waals surface area contributed by atoms with Crippen molar-refractivity contribution in [2.24, 2.45) is 5.29 Å². The first-order chi connectivity index (χ1) is 5.35. The molecule has 0 radical (unpaired) electrons. The molecule has 0 spiro atoms. The molecule has 0 heterocycles. The van der Waals surface area contributed by atoms with E-state index in [0.29, 0.717) is 0 Å². The van der Waals surface area contributed by atoms with E-state index in [1.54, 1.807) is 5.01 Å². The summed E-state index contributed by atoms with van der Waals surface area (Å²) in [4.78, 5) is 10.2. The van der Waals surface area contributed by atoms with Crippen molar-refractivity contribution in [1.29, 1.82) is 0 Å². The maximum absolute atomic E-state index is 10.2. The first-order valence-electron chi connectivity index (χ1n) is 4.43. The van der Waals surface area contributed by atoms with Crippen molar-refractivity contribution in [1.82, 2.24) is 5.01 Å². The van der Waals surface area contributed by atoms with Gasteiger partial charge in [0, 0.05) is 13.1 Å². The first-order valence-corrected chi connectivity index (χ1v) is 4.43. The molecular weight excluding hydrogens is 140 g/mol. The number of hydrogen-bond acceptors (Lipinski definition) is 2. The molecule has 0 bridgehead atoms. The highest BCUT2D eigenvalue weighted by Gasteiger charge is 1.99. The summed E-state index contributed by atoms with van der Waals surface area (Å²) in [7, 11) is 0. The fraction of sp³-hybridized carbons (Fsp3) is 1.00. The number of nitroso groups, excluding NO2 is 1. The van der Waals surface area contributed by atoms with E-state index in [4.69, 9.17) is 0 Å². The second kappa shape index (κ2) is 7.51. The molecule has 3 heteroatoms. The van der Waals surface area contributed by atoms with Gasteiger partial charge in [0.15, 0.2) is 0 Å². The van der Waals surface area contributed by atoms with E-state index in [1.165, 1.54) is 0 Å². The fourth-order valence-electron chi connectivity index (χ4n) is 0.875. The van der Waals surface area contributed by atoms with Gasteiger partial charge in [0.1, 0.15) is 0 Å². The molecule has 0 rings (SSSR count). The number of nitrogens with zero attached hydrogens (tertiary/aromatic N) is 2. The standard InChI is InChI=1S/C8H18N2O/c1-3-5-7-10(9-11)8-6-4-2/h3-8H2,1-2H3. The lowest BCUT2D eigenvalue weighted by molar-refractivity contribution is 0.274. The molecule has 0 N–H and O–H groups in total. The summed E-state index contributed by atoms with van der Waals surface area (Å²) < 4.78 is 0. The van der Waals surface area contributed by atoms with Crippen LogP contribution in [0.5, 0.6) is 0 Å². The number of hydrogen-bond donors (Lipinski definition) is 0. The average molecular weight is 158 g/mol. The molecule has 0 saturated heterocycles. The summed E-state index contributed by atoms with van der Waals surface area (Å²) in [6.45, 7) is 5.87. The predicted octanol–water partition coefficient (Wildman–Crippen LogP) is 2.57. The van der Waals surface area contributed by atoms with Crippen molar-refractivity contribution in [3.05, 3.63) is 4.91 Å². The third kappa shape index (κ3) is 5.83. The molecule has 0 aromatic rings. The molecule has 0 atom stereocenters. The first kappa shape index (κ1) is 10.4. The van der Waals surface area contributed by atoms with Crippen molar-refractivity contribution in [3.63, 3.8) is 0 Å². The van der Waals surface area contributed by atoms with E-state index in [9.17, 15) is 4.91 Å². The Hall–Kier alpha value is -0.600. The zero-order valence-electron chi connectivity index (χ0n) is 7.55. The maximum Gasteiger partial charge on any atom is 0.0523 e. The monoisotopic (exact) mass is 158 g/mol. The molecule has 11 heavy (non-hydrogen) atoms. The van der Waals surface area contributed by atoms with Crippen LogP contribution in [0.4, 0.5) is 0 Å². The van der Waals surface area contributed by atoms with E-state index in [0.717, 1.165) is 38.8 Å². The van der Waals surface area contributed by atoms with Crippen molar-refractivity contribution in [3.8, 4) is 0 Å². The summed E-state index contributed by atoms with van der Waals surface area (Å²) >= 11 is 0. The smallest absolute Gasteiger partial charge is 0.0523 e. The second-order valence-electron chi connectivity index (χ2n) is 2.74. The van der Waals surface area contributed by atoms with E-state index >= 15 is 0 Å². The normalized spacial score (nSPS) is 9.64. The summed E-state index contributed by atoms with van der Waals surface area (Å²) in [5.41, 5.74) is 0. The largest absolute Gasteiger partial charge is 0.261 e. The van der Waals surface area contributed by atoms with E-state index in [-0.39, 0.29) is 0 Å². The number of rotatable bonds is 7. The Morgan fingerprint density at radius 3 is 1.82 bits per heavy atom. The summed E-state index contributed by atoms with van der Waals surface area (Å²) in [5, 5.41) is 4.56. The Bertz CT molecular complexity index is 88.1. The van der Waals surface area contributed by atoms with Gasteiger partial charge >= 0.3 is 0 Å². The Labute approximate surface area is 68.7 Å². The predicted molar refractivity (Wildman–Crippen MR) is 47.2 cm³/mol. The van der Waals surface area contributed by atoms with Gasteiger partial charge in [0.2, 0.25) is 0 Å². The molecule has 0 unspecified atom stereocenters. The van der Waals surface area contributed by atoms with Crippen LogP contribution in [0, 0.1) is 4.91 Å². The highest BCUT2D eigenvalue weighted by Crippen LogP contribution is 1.98. The molecular formula is C8H18N2O. The lowest BCUT2D eigenvalue weighted by atomic mass is 10.3. The average Bonchev–Trinajstić information content (AvgIpc) is 2.05. The molecule has 0 fully saturated rings. The van der Waals surface area contributed by atoms with Crippen molar-refractivity contribution in [2.75, 3.05) is 13.1 Å². The van der Waals surface area contributed by atoms with Crippen molar-refractivity contribution in [2.45, 2.75) is 39.5 Å². The molecule has 0 aliphatic rings. The molecule has 0 saturated carbocycles. The third-order valence-electron chi connectivity index (χ3n) is 1.66. The highest BCUT2D eigenvalue weighted by molar-refractivity contribution is 4.50. The van der Waals surface area contributed by atoms with Crippen LogP contribution in [0.1, 0.15) is 39.5 Å². The van der Waals surface area contributed by atoms with Gasteiger partial charge in [-0.3, -0.25) is 5.01 Å². The third-order valence-corrected chi connectivity index (χ3v) is 1.66. The Balaban J connectivity index is 3.33. The van der Waals surface area contributed by atoms with Gasteiger partial charge in [-0.05, 0) is 12.8 Å². The van der Waals surface area contributed by atoms with Crippen LogP contribution in [0.25, 0.3) is 0 Å². The van der Waals surface area contributed by atoms with Crippen LogP contribution < -0.4 is 0 Å². The lowest BCUT2D eigenvalue weighted by Gasteiger charge is -2.13. The van der Waals surface area contributed by atoms with Crippen LogP contribution in [0.15, 0.2) is 5.29 Å². The summed E-state index contributed by atoms with van der Waals surface area (Å²) in [5.74, 6) is 0. The van der Waals surface area contributed by atoms with Crippen LogP contribution in [0.3, 0.4) is 0 Å². The molecule has 0 aromatic carbocycles. The maximum atomic E-state index is 10.2. The van der Waals surface area contributed by atoms with Crippen LogP contribution in [-0.4, -0.2) is 18.1 Å². The van der Waals surface area contributed by atoms with Gasteiger partial charge < -0.3 is 0 Å². The topological polar surface area (TPSA) is 32.7 Å². The Kier molecular flexibility index (Phi) is 7.10. The lowest BCUT2D eigenvalue weighted by Crippen LogP contribution is -2.18. The van der Waals surface area contributed by atoms with Crippen molar-refractivity contribution >= 4 is 0 Å². The van der Waals surface area contributed by atoms with Gasteiger partial charge in [-0.2, -0.15) is 0 Å². The van der Waals surface area contributed by atoms with Gasteiger partial charge in [0.05, 0.1) is 5.29 Å². The summed E-state index contributed by atoms with van der Waals surface area (Å²) in [6, 6.07) is 0. The molecule has 0 aliphatic heterocycles. The molecule has 0 amide bonds. The number of unbranched alkanes of at least 4 members (excludes halogenated alkanes) is 2. The SMILES string of the molecule is CCCCN(CCCC)N=O. The Morgan fingerprint density at radius 1 is 1.09 bits per heavy atom. The minimum absolute atomic E-state index is 0.819.